The molecule has 2 fully saturated rings. The summed E-state index contributed by atoms with van der Waals surface area (Å²) in [6.45, 7) is 5.58. The van der Waals surface area contributed by atoms with Crippen molar-refractivity contribution < 1.29 is 4.74 Å². The molecule has 0 spiro atoms. The maximum Gasteiger partial charge on any atom is 0.0661 e. The third-order valence-corrected chi connectivity index (χ3v) is 2.83. The van der Waals surface area contributed by atoms with Crippen LogP contribution in [0, 0.1) is 5.41 Å². The largest absolute Gasteiger partial charge is 0.375 e. The van der Waals surface area contributed by atoms with Gasteiger partial charge in [0, 0.05) is 0 Å². The molecule has 52 valence electrons. The molecule has 0 radical (unpaired) electrons. The van der Waals surface area contributed by atoms with Crippen molar-refractivity contribution in [3.8, 4) is 0 Å². The van der Waals surface area contributed by atoms with Crippen LogP contribution >= 0.6 is 0 Å². The number of hydrogen-bond acceptors (Lipinski definition) is 1. The van der Waals surface area contributed by atoms with Crippen LogP contribution in [-0.4, -0.2) is 12.2 Å². The van der Waals surface area contributed by atoms with Crippen molar-refractivity contribution in [2.45, 2.75) is 38.7 Å². The fraction of sp³-hybridized carbons (Fsp3) is 1.00. The van der Waals surface area contributed by atoms with E-state index in [9.17, 15) is 0 Å². The van der Waals surface area contributed by atoms with Crippen molar-refractivity contribution in [3.63, 3.8) is 0 Å². The Bertz CT molecular complexity index is 116. The van der Waals surface area contributed by atoms with Gasteiger partial charge in [-0.1, -0.05) is 6.92 Å². The fourth-order valence-corrected chi connectivity index (χ4v) is 2.24. The van der Waals surface area contributed by atoms with Crippen LogP contribution in [-0.2, 0) is 4.74 Å². The zero-order valence-electron chi connectivity index (χ0n) is 6.24. The van der Waals surface area contributed by atoms with Crippen LogP contribution in [0.1, 0.15) is 33.1 Å². The molecule has 1 saturated heterocycles. The highest BCUT2D eigenvalue weighted by Crippen LogP contribution is 2.52. The summed E-state index contributed by atoms with van der Waals surface area (Å²) in [6.07, 6.45) is 3.95. The number of hydrogen-bond donors (Lipinski definition) is 0. The van der Waals surface area contributed by atoms with Gasteiger partial charge in [-0.3, -0.25) is 0 Å². The van der Waals surface area contributed by atoms with Gasteiger partial charge in [0.15, 0.2) is 0 Å². The lowest BCUT2D eigenvalue weighted by Gasteiger charge is -2.22. The molecule has 1 heterocycles. The van der Waals surface area contributed by atoms with Gasteiger partial charge in [0.1, 0.15) is 0 Å². The van der Waals surface area contributed by atoms with E-state index in [0.29, 0.717) is 5.41 Å². The van der Waals surface area contributed by atoms with Crippen LogP contribution in [0.5, 0.6) is 0 Å². The fourth-order valence-electron chi connectivity index (χ4n) is 2.24. The summed E-state index contributed by atoms with van der Waals surface area (Å²) in [4.78, 5) is 0. The minimum atomic E-state index is 0.273. The van der Waals surface area contributed by atoms with Gasteiger partial charge in [0.25, 0.3) is 0 Å². The highest BCUT2D eigenvalue weighted by molar-refractivity contribution is 4.99. The van der Waals surface area contributed by atoms with E-state index in [2.05, 4.69) is 13.8 Å². The van der Waals surface area contributed by atoms with Crippen molar-refractivity contribution in [2.24, 2.45) is 5.41 Å². The topological polar surface area (TPSA) is 9.23 Å². The summed E-state index contributed by atoms with van der Waals surface area (Å²) < 4.78 is 5.64. The molecule has 2 rings (SSSR count). The van der Waals surface area contributed by atoms with Gasteiger partial charge in [-0.05, 0) is 31.6 Å². The van der Waals surface area contributed by atoms with E-state index in [-0.39, 0.29) is 5.60 Å². The SMILES string of the molecule is CC12CCC(C)(C1)OC2. The molecule has 2 unspecified atom stereocenters. The van der Waals surface area contributed by atoms with Crippen molar-refractivity contribution in [1.82, 2.24) is 0 Å². The smallest absolute Gasteiger partial charge is 0.0661 e. The number of fused-ring (bicyclic) bond motifs is 2. The van der Waals surface area contributed by atoms with Gasteiger partial charge in [-0.25, -0.2) is 0 Å². The van der Waals surface area contributed by atoms with E-state index < -0.39 is 0 Å². The molecular weight excluding hydrogens is 112 g/mol. The summed E-state index contributed by atoms with van der Waals surface area (Å²) in [6, 6.07) is 0. The van der Waals surface area contributed by atoms with Crippen molar-refractivity contribution >= 4 is 0 Å². The third-order valence-electron chi connectivity index (χ3n) is 2.83. The summed E-state index contributed by atoms with van der Waals surface area (Å²) in [5.74, 6) is 0. The first-order valence-electron chi connectivity index (χ1n) is 3.76. The first kappa shape index (κ1) is 5.72. The second-order valence-electron chi connectivity index (χ2n) is 4.23. The van der Waals surface area contributed by atoms with Gasteiger partial charge in [0.2, 0.25) is 0 Å². The Labute approximate surface area is 56.4 Å². The predicted octanol–water partition coefficient (Wildman–Crippen LogP) is 1.97. The Kier molecular flexibility index (Phi) is 0.852. The molecule has 1 aliphatic carbocycles. The average molecular weight is 126 g/mol. The molecule has 1 nitrogen and oxygen atoms in total. The Hall–Kier alpha value is -0.0400. The molecule has 2 aliphatic rings. The predicted molar refractivity (Wildman–Crippen MR) is 36.3 cm³/mol. The average Bonchev–Trinajstić information content (AvgIpc) is 2.19. The van der Waals surface area contributed by atoms with E-state index in [0.717, 1.165) is 6.61 Å². The van der Waals surface area contributed by atoms with Gasteiger partial charge < -0.3 is 4.74 Å². The van der Waals surface area contributed by atoms with Crippen molar-refractivity contribution in [2.75, 3.05) is 6.61 Å². The van der Waals surface area contributed by atoms with Crippen LogP contribution in [0.3, 0.4) is 0 Å². The third kappa shape index (κ3) is 0.710. The molecular formula is C8H14O. The lowest BCUT2D eigenvalue weighted by Crippen LogP contribution is -2.22. The molecule has 0 amide bonds. The minimum absolute atomic E-state index is 0.273. The molecule has 1 aliphatic heterocycles. The lowest BCUT2D eigenvalue weighted by molar-refractivity contribution is -0.0128. The highest BCUT2D eigenvalue weighted by atomic mass is 16.5. The van der Waals surface area contributed by atoms with Gasteiger partial charge >= 0.3 is 0 Å². The first-order chi connectivity index (χ1) is 4.12. The molecule has 0 aromatic heterocycles. The van der Waals surface area contributed by atoms with Gasteiger partial charge in [-0.15, -0.1) is 0 Å². The second kappa shape index (κ2) is 1.34. The van der Waals surface area contributed by atoms with Gasteiger partial charge in [-0.2, -0.15) is 0 Å². The number of ether oxygens (including phenoxy) is 1. The zero-order valence-corrected chi connectivity index (χ0v) is 6.24. The Morgan fingerprint density at radius 2 is 2.00 bits per heavy atom. The zero-order chi connectivity index (χ0) is 6.54. The molecule has 1 heteroatoms. The van der Waals surface area contributed by atoms with Gasteiger partial charge in [0.05, 0.1) is 12.2 Å². The quantitative estimate of drug-likeness (QED) is 0.482. The lowest BCUT2D eigenvalue weighted by atomic mass is 9.91. The monoisotopic (exact) mass is 126 g/mol. The molecule has 9 heavy (non-hydrogen) atoms. The minimum Gasteiger partial charge on any atom is -0.375 e. The summed E-state index contributed by atoms with van der Waals surface area (Å²) in [5, 5.41) is 0. The van der Waals surface area contributed by atoms with Crippen LogP contribution in [0.4, 0.5) is 0 Å². The second-order valence-corrected chi connectivity index (χ2v) is 4.23. The summed E-state index contributed by atoms with van der Waals surface area (Å²) in [7, 11) is 0. The first-order valence-corrected chi connectivity index (χ1v) is 3.76. The van der Waals surface area contributed by atoms with Crippen LogP contribution < -0.4 is 0 Å². The number of rotatable bonds is 0. The van der Waals surface area contributed by atoms with E-state index in [1.807, 2.05) is 0 Å². The standard InChI is InChI=1S/C8H14O/c1-7-3-4-8(2,5-7)9-6-7/h3-6H2,1-2H3. The normalized spacial score (nSPS) is 56.7. The summed E-state index contributed by atoms with van der Waals surface area (Å²) >= 11 is 0. The molecule has 1 saturated carbocycles. The van der Waals surface area contributed by atoms with Crippen molar-refractivity contribution in [3.05, 3.63) is 0 Å². The molecule has 2 atom stereocenters. The van der Waals surface area contributed by atoms with E-state index in [1.54, 1.807) is 0 Å². The Morgan fingerprint density at radius 1 is 1.22 bits per heavy atom. The van der Waals surface area contributed by atoms with Crippen molar-refractivity contribution in [1.29, 1.82) is 0 Å². The molecule has 0 N–H and O–H groups in total. The van der Waals surface area contributed by atoms with E-state index in [4.69, 9.17) is 4.74 Å². The maximum atomic E-state index is 5.64. The summed E-state index contributed by atoms with van der Waals surface area (Å²) in [5.41, 5.74) is 0.823. The Balaban J connectivity index is 2.25. The highest BCUT2D eigenvalue weighted by Gasteiger charge is 2.49. The molecule has 2 bridgehead atoms. The maximum absolute atomic E-state index is 5.64. The molecule has 0 aromatic carbocycles. The van der Waals surface area contributed by atoms with E-state index in [1.165, 1.54) is 19.3 Å². The van der Waals surface area contributed by atoms with E-state index >= 15 is 0 Å². The van der Waals surface area contributed by atoms with Crippen LogP contribution in [0.2, 0.25) is 0 Å². The van der Waals surface area contributed by atoms with Crippen LogP contribution in [0.15, 0.2) is 0 Å². The Morgan fingerprint density at radius 3 is 2.11 bits per heavy atom. The van der Waals surface area contributed by atoms with Crippen LogP contribution in [0.25, 0.3) is 0 Å². The molecule has 0 aromatic rings.